The second-order valence-electron chi connectivity index (χ2n) is 11.8. The summed E-state index contributed by atoms with van der Waals surface area (Å²) in [6.07, 6.45) is 7.42. The fourth-order valence-electron chi connectivity index (χ4n) is 7.60. The number of fused-ring (bicyclic) bond motifs is 3. The number of benzene rings is 7. The monoisotopic (exact) mass is 548 g/mol. The van der Waals surface area contributed by atoms with Gasteiger partial charge in [0.25, 0.3) is 0 Å². The zero-order valence-corrected chi connectivity index (χ0v) is 23.7. The highest BCUT2D eigenvalue weighted by atomic mass is 16.1. The van der Waals surface area contributed by atoms with Crippen LogP contribution in [0.5, 0.6) is 0 Å². The van der Waals surface area contributed by atoms with Gasteiger partial charge >= 0.3 is 0 Å². The Kier molecular flexibility index (Phi) is 5.31. The van der Waals surface area contributed by atoms with Gasteiger partial charge in [-0.25, -0.2) is 0 Å². The Morgan fingerprint density at radius 1 is 0.442 bits per heavy atom. The molecule has 0 spiro atoms. The zero-order chi connectivity index (χ0) is 28.5. The van der Waals surface area contributed by atoms with Gasteiger partial charge in [0.15, 0.2) is 5.78 Å². The van der Waals surface area contributed by atoms with Crippen LogP contribution in [0, 0.1) is 0 Å². The topological polar surface area (TPSA) is 17.1 Å². The third-order valence-corrected chi connectivity index (χ3v) is 9.48. The highest BCUT2D eigenvalue weighted by molar-refractivity contribution is 6.19. The second kappa shape index (κ2) is 9.37. The summed E-state index contributed by atoms with van der Waals surface area (Å²) in [5.74, 6) is 0.229. The minimum absolute atomic E-state index is 0.229. The third-order valence-electron chi connectivity index (χ3n) is 9.48. The van der Waals surface area contributed by atoms with Gasteiger partial charge in [-0.15, -0.1) is 0 Å². The lowest BCUT2D eigenvalue weighted by Crippen LogP contribution is -2.31. The minimum Gasteiger partial charge on any atom is -0.294 e. The van der Waals surface area contributed by atoms with Crippen LogP contribution in [-0.4, -0.2) is 5.78 Å². The zero-order valence-electron chi connectivity index (χ0n) is 23.7. The van der Waals surface area contributed by atoms with E-state index in [0.29, 0.717) is 6.42 Å². The van der Waals surface area contributed by atoms with Crippen LogP contribution in [0.4, 0.5) is 0 Å². The first kappa shape index (κ1) is 24.3. The van der Waals surface area contributed by atoms with E-state index in [4.69, 9.17) is 0 Å². The SMILES string of the molecule is O=C1Cc2ccc(-c3c4c(c(-c5ccc(-c6cccc7ccccc67)cc5)c5ccccc35)=CCCC=4)c3cccc1c23. The van der Waals surface area contributed by atoms with E-state index in [0.717, 1.165) is 29.4 Å². The van der Waals surface area contributed by atoms with Gasteiger partial charge in [0.2, 0.25) is 0 Å². The fourth-order valence-corrected chi connectivity index (χ4v) is 7.60. The molecule has 0 bridgehead atoms. The van der Waals surface area contributed by atoms with Crippen molar-refractivity contribution in [3.8, 4) is 33.4 Å². The molecule has 0 aliphatic heterocycles. The fraction of sp³-hybridized carbons (Fsp3) is 0.0714. The number of rotatable bonds is 3. The quantitative estimate of drug-likeness (QED) is 0.215. The van der Waals surface area contributed by atoms with Crippen molar-refractivity contribution in [1.29, 1.82) is 0 Å². The first-order chi connectivity index (χ1) is 21.3. The summed E-state index contributed by atoms with van der Waals surface area (Å²) in [6.45, 7) is 0. The van der Waals surface area contributed by atoms with E-state index in [1.807, 2.05) is 12.1 Å². The summed E-state index contributed by atoms with van der Waals surface area (Å²) < 4.78 is 0. The van der Waals surface area contributed by atoms with Crippen molar-refractivity contribution in [3.63, 3.8) is 0 Å². The summed E-state index contributed by atoms with van der Waals surface area (Å²) in [5.41, 5.74) is 9.54. The number of Topliss-reactive ketones (excluding diaryl/α,β-unsaturated/α-hetero) is 1. The Morgan fingerprint density at radius 2 is 1.05 bits per heavy atom. The van der Waals surface area contributed by atoms with Crippen molar-refractivity contribution in [2.24, 2.45) is 0 Å². The molecule has 7 aromatic carbocycles. The summed E-state index contributed by atoms with van der Waals surface area (Å²) in [6, 6.07) is 43.8. The van der Waals surface area contributed by atoms with Crippen LogP contribution >= 0.6 is 0 Å². The van der Waals surface area contributed by atoms with Gasteiger partial charge in [-0.05, 0) is 94.5 Å². The van der Waals surface area contributed by atoms with Crippen LogP contribution in [0.3, 0.4) is 0 Å². The van der Waals surface area contributed by atoms with Crippen molar-refractivity contribution in [3.05, 3.63) is 143 Å². The molecule has 202 valence electrons. The number of carbonyl (C=O) groups excluding carboxylic acids is 1. The highest BCUT2D eigenvalue weighted by Gasteiger charge is 2.24. The lowest BCUT2D eigenvalue weighted by Gasteiger charge is -2.19. The van der Waals surface area contributed by atoms with E-state index >= 15 is 0 Å². The molecule has 0 atom stereocenters. The molecule has 0 radical (unpaired) electrons. The molecule has 0 heterocycles. The van der Waals surface area contributed by atoms with Gasteiger partial charge in [-0.2, -0.15) is 0 Å². The molecule has 2 aliphatic rings. The first-order valence-corrected chi connectivity index (χ1v) is 15.2. The van der Waals surface area contributed by atoms with E-state index in [9.17, 15) is 4.79 Å². The molecular weight excluding hydrogens is 520 g/mol. The van der Waals surface area contributed by atoms with Crippen LogP contribution in [-0.2, 0) is 6.42 Å². The lowest BCUT2D eigenvalue weighted by atomic mass is 9.84. The molecule has 2 aliphatic carbocycles. The molecular formula is C42H28O. The average Bonchev–Trinajstić information content (AvgIpc) is 3.40. The molecule has 7 aromatic rings. The predicted molar refractivity (Wildman–Crippen MR) is 181 cm³/mol. The smallest absolute Gasteiger partial charge is 0.167 e. The van der Waals surface area contributed by atoms with E-state index in [1.165, 1.54) is 70.7 Å². The van der Waals surface area contributed by atoms with E-state index in [2.05, 4.69) is 121 Å². The Hall–Kier alpha value is -5.27. The Labute approximate surface area is 250 Å². The van der Waals surface area contributed by atoms with Crippen LogP contribution in [0.15, 0.2) is 121 Å². The molecule has 0 aromatic heterocycles. The summed E-state index contributed by atoms with van der Waals surface area (Å²) in [5, 5.41) is 10.00. The maximum atomic E-state index is 12.8. The molecule has 0 saturated carbocycles. The van der Waals surface area contributed by atoms with E-state index < -0.39 is 0 Å². The molecule has 0 fully saturated rings. The van der Waals surface area contributed by atoms with Crippen LogP contribution in [0.1, 0.15) is 28.8 Å². The maximum Gasteiger partial charge on any atom is 0.167 e. The largest absolute Gasteiger partial charge is 0.294 e. The summed E-state index contributed by atoms with van der Waals surface area (Å²) >= 11 is 0. The summed E-state index contributed by atoms with van der Waals surface area (Å²) in [7, 11) is 0. The van der Waals surface area contributed by atoms with Crippen LogP contribution < -0.4 is 10.4 Å². The Bertz CT molecular complexity index is 2420. The van der Waals surface area contributed by atoms with Crippen molar-refractivity contribution in [2.45, 2.75) is 19.3 Å². The Morgan fingerprint density at radius 3 is 1.86 bits per heavy atom. The van der Waals surface area contributed by atoms with Crippen LogP contribution in [0.25, 0.3) is 77.9 Å². The molecule has 43 heavy (non-hydrogen) atoms. The average molecular weight is 549 g/mol. The van der Waals surface area contributed by atoms with Gasteiger partial charge in [-0.3, -0.25) is 4.79 Å². The first-order valence-electron chi connectivity index (χ1n) is 15.2. The minimum atomic E-state index is 0.229. The third kappa shape index (κ3) is 3.61. The van der Waals surface area contributed by atoms with Crippen molar-refractivity contribution < 1.29 is 4.79 Å². The van der Waals surface area contributed by atoms with Crippen LogP contribution in [0.2, 0.25) is 0 Å². The lowest BCUT2D eigenvalue weighted by molar-refractivity contribution is 0.1000. The highest BCUT2D eigenvalue weighted by Crippen LogP contribution is 2.40. The Balaban J connectivity index is 1.30. The van der Waals surface area contributed by atoms with E-state index in [1.54, 1.807) is 0 Å². The second-order valence-corrected chi connectivity index (χ2v) is 11.8. The number of ketones is 1. The van der Waals surface area contributed by atoms with Gasteiger partial charge in [0.1, 0.15) is 0 Å². The van der Waals surface area contributed by atoms with Crippen molar-refractivity contribution >= 4 is 50.3 Å². The summed E-state index contributed by atoms with van der Waals surface area (Å²) in [4.78, 5) is 12.8. The molecule has 0 saturated heterocycles. The van der Waals surface area contributed by atoms with Crippen molar-refractivity contribution in [1.82, 2.24) is 0 Å². The normalized spacial score (nSPS) is 13.7. The van der Waals surface area contributed by atoms with E-state index in [-0.39, 0.29) is 5.78 Å². The van der Waals surface area contributed by atoms with Gasteiger partial charge in [0.05, 0.1) is 0 Å². The number of hydrogen-bond acceptors (Lipinski definition) is 1. The molecule has 0 N–H and O–H groups in total. The predicted octanol–water partition coefficient (Wildman–Crippen LogP) is 9.24. The van der Waals surface area contributed by atoms with Crippen molar-refractivity contribution in [2.75, 3.05) is 0 Å². The number of carbonyl (C=O) groups is 1. The maximum absolute atomic E-state index is 12.8. The van der Waals surface area contributed by atoms with Gasteiger partial charge in [0, 0.05) is 12.0 Å². The van der Waals surface area contributed by atoms with Gasteiger partial charge in [-0.1, -0.05) is 133 Å². The van der Waals surface area contributed by atoms with Gasteiger partial charge < -0.3 is 0 Å². The molecule has 1 nitrogen and oxygen atoms in total. The number of hydrogen-bond donors (Lipinski definition) is 0. The standard InChI is InChI=1S/C42H28O/c43-39-25-29-23-24-37(34-17-8-18-38(39)41(29)34)42-35-14-5-3-12-32(35)40(33-13-4-6-15-36(33)42)28-21-19-27(20-22-28)31-16-7-10-26-9-1-2-11-30(26)31/h1-3,5,7-24H,4,6,25H2. The molecule has 0 unspecified atom stereocenters. The molecule has 9 rings (SSSR count). The molecule has 1 heteroatoms. The molecule has 0 amide bonds.